The minimum absolute atomic E-state index is 0.124. The third kappa shape index (κ3) is 5.91. The van der Waals surface area contributed by atoms with Gasteiger partial charge in [0, 0.05) is 23.1 Å². The summed E-state index contributed by atoms with van der Waals surface area (Å²) in [5.41, 5.74) is 5.09. The molecule has 3 aromatic rings. The number of nitrogens with zero attached hydrogens (tertiary/aromatic N) is 3. The minimum atomic E-state index is -0.992. The molecule has 5 rings (SSSR count). The Morgan fingerprint density at radius 1 is 1.14 bits per heavy atom. The zero-order chi connectivity index (χ0) is 26.1. The highest BCUT2D eigenvalue weighted by Gasteiger charge is 2.48. The molecule has 0 radical (unpaired) electrons. The number of hydrogen-bond donors (Lipinski definition) is 3. The molecule has 2 aliphatic rings. The van der Waals surface area contributed by atoms with Crippen LogP contribution in [0.15, 0.2) is 36.5 Å². The van der Waals surface area contributed by atoms with Crippen LogP contribution in [-0.4, -0.2) is 54.4 Å². The number of carbonyl (C=O) groups excluding carboxylic acids is 2. The van der Waals surface area contributed by atoms with Gasteiger partial charge in [-0.05, 0) is 81.0 Å². The fourth-order valence-corrected chi connectivity index (χ4v) is 5.71. The lowest BCUT2D eigenvalue weighted by atomic mass is 9.88. The van der Waals surface area contributed by atoms with Crippen LogP contribution in [0.1, 0.15) is 47.6 Å². The number of benzene rings is 1. The normalized spacial score (nSPS) is 17.0. The summed E-state index contributed by atoms with van der Waals surface area (Å²) in [6.45, 7) is 4.33. The number of amides is 2. The van der Waals surface area contributed by atoms with Gasteiger partial charge < -0.3 is 15.2 Å². The lowest BCUT2D eigenvalue weighted by molar-refractivity contribution is -0.119. The molecule has 2 aromatic heterocycles. The molecule has 0 bridgehead atoms. The van der Waals surface area contributed by atoms with Crippen LogP contribution >= 0.6 is 0 Å². The summed E-state index contributed by atoms with van der Waals surface area (Å²) < 4.78 is 13.1. The van der Waals surface area contributed by atoms with E-state index in [0.29, 0.717) is 35.5 Å². The zero-order valence-electron chi connectivity index (χ0n) is 21.5. The van der Waals surface area contributed by atoms with Crippen LogP contribution in [0.4, 0.5) is 5.69 Å². The molecule has 2 heterocycles. The quantitative estimate of drug-likeness (QED) is 0.333. The van der Waals surface area contributed by atoms with E-state index in [1.54, 1.807) is 23.2 Å². The Labute approximate surface area is 220 Å². The highest BCUT2D eigenvalue weighted by Crippen LogP contribution is 2.51. The first-order chi connectivity index (χ1) is 17.8. The van der Waals surface area contributed by atoms with Gasteiger partial charge in [-0.25, -0.2) is 0 Å². The van der Waals surface area contributed by atoms with Crippen LogP contribution in [0.5, 0.6) is 0 Å². The van der Waals surface area contributed by atoms with Gasteiger partial charge in [0.15, 0.2) is 0 Å². The molecule has 1 unspecified atom stereocenters. The Hall–Kier alpha value is -3.11. The number of H-pyrrole nitrogens is 1. The number of rotatable bonds is 11. The lowest BCUT2D eigenvalue weighted by Crippen LogP contribution is -2.50. The molecule has 0 aliphatic heterocycles. The number of hydrogen-bond acceptors (Lipinski definition) is 5. The maximum Gasteiger partial charge on any atom is 0.270 e. The SMILES string of the molecule is Cc1n[nH]c(C)c1-c1ccc(NC(=O)[C@@H](NC(=O)c2ccnn2CC[S+](C)[O-])C(C2CC2)C2CC2)cc1. The average Bonchev–Trinajstić information content (AvgIpc) is 3.80. The maximum absolute atomic E-state index is 13.6. The minimum Gasteiger partial charge on any atom is -0.617 e. The number of aromatic nitrogens is 4. The second-order valence-corrected chi connectivity index (χ2v) is 11.9. The zero-order valence-corrected chi connectivity index (χ0v) is 22.3. The van der Waals surface area contributed by atoms with Gasteiger partial charge >= 0.3 is 0 Å². The van der Waals surface area contributed by atoms with Crippen molar-refractivity contribution in [3.05, 3.63) is 53.6 Å². The predicted octanol–water partition coefficient (Wildman–Crippen LogP) is 3.44. The molecular weight excluding hydrogens is 488 g/mol. The molecule has 196 valence electrons. The van der Waals surface area contributed by atoms with E-state index in [4.69, 9.17) is 0 Å². The molecule has 2 saturated carbocycles. The first-order valence-corrected chi connectivity index (χ1v) is 14.6. The molecule has 37 heavy (non-hydrogen) atoms. The molecule has 3 N–H and O–H groups in total. The van der Waals surface area contributed by atoms with Crippen molar-refractivity contribution in [2.24, 2.45) is 17.8 Å². The summed E-state index contributed by atoms with van der Waals surface area (Å²) >= 11 is -0.992. The van der Waals surface area contributed by atoms with E-state index < -0.39 is 17.2 Å². The van der Waals surface area contributed by atoms with Crippen molar-refractivity contribution >= 4 is 28.7 Å². The van der Waals surface area contributed by atoms with E-state index in [1.807, 2.05) is 38.1 Å². The van der Waals surface area contributed by atoms with Crippen LogP contribution in [0.25, 0.3) is 11.1 Å². The highest BCUT2D eigenvalue weighted by molar-refractivity contribution is 7.90. The Kier molecular flexibility index (Phi) is 7.39. The van der Waals surface area contributed by atoms with Crippen molar-refractivity contribution in [3.63, 3.8) is 0 Å². The molecule has 2 atom stereocenters. The molecule has 9 nitrogen and oxygen atoms in total. The van der Waals surface area contributed by atoms with Gasteiger partial charge in [0.25, 0.3) is 5.91 Å². The van der Waals surface area contributed by atoms with Crippen LogP contribution in [0, 0.1) is 31.6 Å². The van der Waals surface area contributed by atoms with E-state index >= 15 is 0 Å². The summed E-state index contributed by atoms with van der Waals surface area (Å²) in [6.07, 6.45) is 7.58. The van der Waals surface area contributed by atoms with E-state index in [9.17, 15) is 14.1 Å². The summed E-state index contributed by atoms with van der Waals surface area (Å²) in [6, 6.07) is 8.74. The van der Waals surface area contributed by atoms with Crippen molar-refractivity contribution in [2.75, 3.05) is 17.3 Å². The monoisotopic (exact) mass is 522 g/mol. The third-order valence-corrected chi connectivity index (χ3v) is 8.15. The Bertz CT molecular complexity index is 1230. The Morgan fingerprint density at radius 2 is 1.81 bits per heavy atom. The molecule has 10 heteroatoms. The topological polar surface area (TPSA) is 128 Å². The van der Waals surface area contributed by atoms with Crippen molar-refractivity contribution < 1.29 is 14.1 Å². The molecule has 2 amide bonds. The van der Waals surface area contributed by atoms with E-state index in [-0.39, 0.29) is 17.7 Å². The number of aryl methyl sites for hydroxylation is 3. The van der Waals surface area contributed by atoms with Gasteiger partial charge in [0.1, 0.15) is 17.5 Å². The van der Waals surface area contributed by atoms with Crippen LogP contribution < -0.4 is 10.6 Å². The smallest absolute Gasteiger partial charge is 0.270 e. The molecule has 2 aliphatic carbocycles. The Balaban J connectivity index is 1.33. The number of aromatic amines is 1. The average molecular weight is 523 g/mol. The molecule has 1 aromatic carbocycles. The van der Waals surface area contributed by atoms with Crippen molar-refractivity contribution in [2.45, 2.75) is 52.1 Å². The summed E-state index contributed by atoms with van der Waals surface area (Å²) in [7, 11) is 0. The first kappa shape index (κ1) is 25.5. The van der Waals surface area contributed by atoms with Crippen LogP contribution in [0.2, 0.25) is 0 Å². The fourth-order valence-electron chi connectivity index (χ4n) is 5.28. The van der Waals surface area contributed by atoms with Crippen molar-refractivity contribution in [3.8, 4) is 11.1 Å². The first-order valence-electron chi connectivity index (χ1n) is 12.9. The third-order valence-electron chi connectivity index (χ3n) is 7.40. The van der Waals surface area contributed by atoms with Gasteiger partial charge in [0.2, 0.25) is 5.91 Å². The summed E-state index contributed by atoms with van der Waals surface area (Å²) in [4.78, 5) is 27.0. The van der Waals surface area contributed by atoms with Crippen molar-refractivity contribution in [1.82, 2.24) is 25.3 Å². The van der Waals surface area contributed by atoms with Gasteiger partial charge in [0.05, 0.1) is 18.5 Å². The number of anilines is 1. The second-order valence-electron chi connectivity index (χ2n) is 10.3. The van der Waals surface area contributed by atoms with Crippen LogP contribution in [-0.2, 0) is 22.5 Å². The van der Waals surface area contributed by atoms with E-state index in [2.05, 4.69) is 25.9 Å². The maximum atomic E-state index is 13.6. The Morgan fingerprint density at radius 3 is 2.38 bits per heavy atom. The van der Waals surface area contributed by atoms with Gasteiger partial charge in [-0.1, -0.05) is 23.3 Å². The van der Waals surface area contributed by atoms with Gasteiger partial charge in [-0.15, -0.1) is 0 Å². The molecule has 0 saturated heterocycles. The largest absolute Gasteiger partial charge is 0.617 e. The fraction of sp³-hybridized carbons (Fsp3) is 0.481. The highest BCUT2D eigenvalue weighted by atomic mass is 32.2. The van der Waals surface area contributed by atoms with E-state index in [0.717, 1.165) is 48.2 Å². The van der Waals surface area contributed by atoms with Crippen molar-refractivity contribution in [1.29, 1.82) is 0 Å². The summed E-state index contributed by atoms with van der Waals surface area (Å²) in [5, 5.41) is 17.6. The standard InChI is InChI=1S/C27H34N6O3S/c1-16-23(17(2)32-31-16)18-8-10-21(11-9-18)29-27(35)25(24(19-4-5-19)20-6-7-20)30-26(34)22-12-13-28-33(22)14-15-37(3)36/h8-13,19-20,24-25H,4-7,14-15H2,1-3H3,(H,29,35)(H,30,34)(H,31,32)/t25-,37?/m0/s1. The van der Waals surface area contributed by atoms with Crippen LogP contribution in [0.3, 0.4) is 0 Å². The van der Waals surface area contributed by atoms with E-state index in [1.165, 1.54) is 0 Å². The second kappa shape index (κ2) is 10.7. The van der Waals surface area contributed by atoms with Gasteiger partial charge in [-0.2, -0.15) is 10.2 Å². The lowest BCUT2D eigenvalue weighted by Gasteiger charge is -2.27. The number of nitrogens with one attached hydrogen (secondary N) is 3. The number of carbonyl (C=O) groups is 2. The molecule has 2 fully saturated rings. The predicted molar refractivity (Wildman–Crippen MR) is 143 cm³/mol. The molecule has 0 spiro atoms. The van der Waals surface area contributed by atoms with Gasteiger partial charge in [-0.3, -0.25) is 19.4 Å². The summed E-state index contributed by atoms with van der Waals surface area (Å²) in [5.74, 6) is 0.940. The molecular formula is C27H34N6O3S.